The van der Waals surface area contributed by atoms with Gasteiger partial charge in [-0.05, 0) is 42.8 Å². The van der Waals surface area contributed by atoms with Crippen molar-refractivity contribution in [3.05, 3.63) is 69.2 Å². The van der Waals surface area contributed by atoms with Crippen molar-refractivity contribution in [2.75, 3.05) is 19.7 Å². The zero-order chi connectivity index (χ0) is 16.4. The lowest BCUT2D eigenvalue weighted by molar-refractivity contribution is -0.0228. The van der Waals surface area contributed by atoms with E-state index >= 15 is 0 Å². The molecule has 1 fully saturated rings. The molecule has 23 heavy (non-hydrogen) atoms. The molecule has 1 unspecified atom stereocenters. The topological polar surface area (TPSA) is 29.5 Å². The van der Waals surface area contributed by atoms with Gasteiger partial charge in [0.15, 0.2) is 0 Å². The molecule has 1 saturated heterocycles. The molecule has 120 valence electrons. The zero-order valence-corrected chi connectivity index (χ0v) is 14.3. The smallest absolute Gasteiger partial charge is 0.254 e. The first-order chi connectivity index (χ1) is 11.0. The molecule has 1 heterocycles. The third-order valence-electron chi connectivity index (χ3n) is 3.91. The summed E-state index contributed by atoms with van der Waals surface area (Å²) in [6.07, 6.45) is -0.214. The highest BCUT2D eigenvalue weighted by Gasteiger charge is 2.26. The third-order valence-corrected chi connectivity index (χ3v) is 4.35. The SMILES string of the molecule is Cc1ccc(C(=O)N2CCOC(c3cc(Cl)cc(Cl)c3)C2)cc1. The first-order valence-corrected chi connectivity index (χ1v) is 8.22. The number of amides is 1. The molecule has 2 aromatic carbocycles. The summed E-state index contributed by atoms with van der Waals surface area (Å²) in [5.74, 6) is 0.0198. The Labute approximate surface area is 145 Å². The van der Waals surface area contributed by atoms with Crippen LogP contribution < -0.4 is 0 Å². The Kier molecular flexibility index (Phi) is 4.90. The molecule has 1 aliphatic heterocycles. The van der Waals surface area contributed by atoms with Gasteiger partial charge in [0.05, 0.1) is 13.2 Å². The molecule has 0 radical (unpaired) electrons. The molecule has 1 atom stereocenters. The number of morpholine rings is 1. The molecule has 0 aromatic heterocycles. The second-order valence-corrected chi connectivity index (χ2v) is 6.55. The monoisotopic (exact) mass is 349 g/mol. The van der Waals surface area contributed by atoms with Gasteiger partial charge < -0.3 is 9.64 Å². The molecule has 1 amide bonds. The maximum Gasteiger partial charge on any atom is 0.254 e. The number of halogens is 2. The fraction of sp³-hybridized carbons (Fsp3) is 0.278. The summed E-state index contributed by atoms with van der Waals surface area (Å²) in [7, 11) is 0. The van der Waals surface area contributed by atoms with Gasteiger partial charge in [-0.1, -0.05) is 40.9 Å². The Balaban J connectivity index is 1.77. The lowest BCUT2D eigenvalue weighted by atomic mass is 10.1. The number of nitrogens with zero attached hydrogens (tertiary/aromatic N) is 1. The molecule has 3 rings (SSSR count). The Morgan fingerprint density at radius 2 is 1.78 bits per heavy atom. The van der Waals surface area contributed by atoms with Crippen molar-refractivity contribution >= 4 is 29.1 Å². The molecule has 3 nitrogen and oxygen atoms in total. The Bertz CT molecular complexity index is 695. The number of aryl methyl sites for hydroxylation is 1. The van der Waals surface area contributed by atoms with Crippen molar-refractivity contribution in [3.8, 4) is 0 Å². The quantitative estimate of drug-likeness (QED) is 0.797. The highest BCUT2D eigenvalue weighted by atomic mass is 35.5. The minimum atomic E-state index is -0.214. The molecular formula is C18H17Cl2NO2. The average molecular weight is 350 g/mol. The molecule has 0 bridgehead atoms. The average Bonchev–Trinajstić information content (AvgIpc) is 2.54. The standard InChI is InChI=1S/C18H17Cl2NO2/c1-12-2-4-13(5-3-12)18(22)21-6-7-23-17(11-21)14-8-15(19)10-16(20)9-14/h2-5,8-10,17H,6-7,11H2,1H3. The first-order valence-electron chi connectivity index (χ1n) is 7.46. The molecule has 5 heteroatoms. The van der Waals surface area contributed by atoms with Crippen LogP contribution in [0.3, 0.4) is 0 Å². The van der Waals surface area contributed by atoms with Gasteiger partial charge in [-0.2, -0.15) is 0 Å². The van der Waals surface area contributed by atoms with E-state index in [9.17, 15) is 4.79 Å². The van der Waals surface area contributed by atoms with Crippen molar-refractivity contribution in [1.82, 2.24) is 4.90 Å². The zero-order valence-electron chi connectivity index (χ0n) is 12.8. The summed E-state index contributed by atoms with van der Waals surface area (Å²) in [6.45, 7) is 3.56. The number of hydrogen-bond donors (Lipinski definition) is 0. The largest absolute Gasteiger partial charge is 0.370 e. The van der Waals surface area contributed by atoms with Crippen molar-refractivity contribution in [3.63, 3.8) is 0 Å². The van der Waals surface area contributed by atoms with Crippen LogP contribution in [-0.2, 0) is 4.74 Å². The van der Waals surface area contributed by atoms with Crippen molar-refractivity contribution in [2.24, 2.45) is 0 Å². The van der Waals surface area contributed by atoms with Gasteiger partial charge in [0.25, 0.3) is 5.91 Å². The van der Waals surface area contributed by atoms with Crippen LogP contribution in [0.5, 0.6) is 0 Å². The summed E-state index contributed by atoms with van der Waals surface area (Å²) in [5.41, 5.74) is 2.72. The van der Waals surface area contributed by atoms with Gasteiger partial charge in [0.1, 0.15) is 6.10 Å². The summed E-state index contributed by atoms with van der Waals surface area (Å²) in [6, 6.07) is 13.0. The van der Waals surface area contributed by atoms with Crippen LogP contribution in [0.1, 0.15) is 27.6 Å². The van der Waals surface area contributed by atoms with Crippen molar-refractivity contribution < 1.29 is 9.53 Å². The number of hydrogen-bond acceptors (Lipinski definition) is 2. The number of carbonyl (C=O) groups excluding carboxylic acids is 1. The van der Waals surface area contributed by atoms with E-state index in [1.165, 1.54) is 0 Å². The van der Waals surface area contributed by atoms with Gasteiger partial charge in [0, 0.05) is 22.2 Å². The molecule has 0 aliphatic carbocycles. The fourth-order valence-corrected chi connectivity index (χ4v) is 3.22. The van der Waals surface area contributed by atoms with Crippen LogP contribution in [-0.4, -0.2) is 30.5 Å². The van der Waals surface area contributed by atoms with Gasteiger partial charge >= 0.3 is 0 Å². The maximum absolute atomic E-state index is 12.6. The number of ether oxygens (including phenoxy) is 1. The number of rotatable bonds is 2. The first kappa shape index (κ1) is 16.3. The van der Waals surface area contributed by atoms with E-state index < -0.39 is 0 Å². The van der Waals surface area contributed by atoms with Crippen LogP contribution in [0.4, 0.5) is 0 Å². The lowest BCUT2D eigenvalue weighted by Gasteiger charge is -2.33. The van der Waals surface area contributed by atoms with Crippen LogP contribution in [0.2, 0.25) is 10.0 Å². The van der Waals surface area contributed by atoms with Crippen LogP contribution >= 0.6 is 23.2 Å². The van der Waals surface area contributed by atoms with E-state index in [-0.39, 0.29) is 12.0 Å². The predicted octanol–water partition coefficient (Wildman–Crippen LogP) is 4.52. The Hall–Kier alpha value is -1.55. The lowest BCUT2D eigenvalue weighted by Crippen LogP contribution is -2.42. The third kappa shape index (κ3) is 3.86. The second-order valence-electron chi connectivity index (χ2n) is 5.68. The number of carbonyl (C=O) groups is 1. The van der Waals surface area contributed by atoms with E-state index in [0.717, 1.165) is 11.1 Å². The summed E-state index contributed by atoms with van der Waals surface area (Å²) < 4.78 is 5.80. The van der Waals surface area contributed by atoms with Crippen LogP contribution in [0.15, 0.2) is 42.5 Å². The van der Waals surface area contributed by atoms with Crippen molar-refractivity contribution in [2.45, 2.75) is 13.0 Å². The predicted molar refractivity (Wildman–Crippen MR) is 92.2 cm³/mol. The normalized spacial score (nSPS) is 18.0. The highest BCUT2D eigenvalue weighted by Crippen LogP contribution is 2.28. The van der Waals surface area contributed by atoms with E-state index in [1.807, 2.05) is 48.2 Å². The van der Waals surface area contributed by atoms with Gasteiger partial charge in [0.2, 0.25) is 0 Å². The number of benzene rings is 2. The minimum absolute atomic E-state index is 0.0198. The second kappa shape index (κ2) is 6.91. The summed E-state index contributed by atoms with van der Waals surface area (Å²) in [5, 5.41) is 1.14. The molecule has 0 spiro atoms. The van der Waals surface area contributed by atoms with E-state index in [1.54, 1.807) is 6.07 Å². The van der Waals surface area contributed by atoms with Crippen molar-refractivity contribution in [1.29, 1.82) is 0 Å². The minimum Gasteiger partial charge on any atom is -0.370 e. The molecule has 0 N–H and O–H groups in total. The molecule has 2 aromatic rings. The van der Waals surface area contributed by atoms with Gasteiger partial charge in [-0.25, -0.2) is 0 Å². The Morgan fingerprint density at radius 3 is 2.43 bits per heavy atom. The molecule has 0 saturated carbocycles. The van der Waals surface area contributed by atoms with E-state index in [4.69, 9.17) is 27.9 Å². The van der Waals surface area contributed by atoms with E-state index in [0.29, 0.717) is 35.3 Å². The maximum atomic E-state index is 12.6. The van der Waals surface area contributed by atoms with Crippen LogP contribution in [0.25, 0.3) is 0 Å². The Morgan fingerprint density at radius 1 is 1.13 bits per heavy atom. The molecular weight excluding hydrogens is 333 g/mol. The summed E-state index contributed by atoms with van der Waals surface area (Å²) in [4.78, 5) is 14.5. The summed E-state index contributed by atoms with van der Waals surface area (Å²) >= 11 is 12.1. The van der Waals surface area contributed by atoms with E-state index in [2.05, 4.69) is 0 Å². The highest BCUT2D eigenvalue weighted by molar-refractivity contribution is 6.34. The van der Waals surface area contributed by atoms with Gasteiger partial charge in [-0.15, -0.1) is 0 Å². The molecule has 1 aliphatic rings. The van der Waals surface area contributed by atoms with Gasteiger partial charge in [-0.3, -0.25) is 4.79 Å². The van der Waals surface area contributed by atoms with Crippen LogP contribution in [0, 0.1) is 6.92 Å². The fourth-order valence-electron chi connectivity index (χ4n) is 2.68.